The van der Waals surface area contributed by atoms with Crippen molar-refractivity contribution in [3.8, 4) is 0 Å². The fourth-order valence-corrected chi connectivity index (χ4v) is 1.86. The zero-order valence-electron chi connectivity index (χ0n) is 10.4. The number of benzene rings is 1. The normalized spacial score (nSPS) is 10.6. The van der Waals surface area contributed by atoms with E-state index in [1.807, 2.05) is 6.07 Å². The van der Waals surface area contributed by atoms with E-state index in [4.69, 9.17) is 11.6 Å². The molecule has 1 rings (SSSR count). The van der Waals surface area contributed by atoms with Crippen LogP contribution in [0.3, 0.4) is 0 Å². The molecule has 1 aromatic rings. The summed E-state index contributed by atoms with van der Waals surface area (Å²) in [6.07, 6.45) is 0.766. The van der Waals surface area contributed by atoms with Crippen molar-refractivity contribution >= 4 is 23.6 Å². The predicted octanol–water partition coefficient (Wildman–Crippen LogP) is 2.91. The molecule has 4 heteroatoms. The number of aldehydes is 1. The van der Waals surface area contributed by atoms with Gasteiger partial charge in [0.1, 0.15) is 0 Å². The summed E-state index contributed by atoms with van der Waals surface area (Å²) in [6, 6.07) is 5.39. The first-order valence-electron chi connectivity index (χ1n) is 5.92. The summed E-state index contributed by atoms with van der Waals surface area (Å²) in [7, 11) is 0. The SMILES string of the molecule is CCN(CC)CCNc1ccc(C=O)c(Cl)c1. The smallest absolute Gasteiger partial charge is 0.151 e. The fraction of sp³-hybridized carbons (Fsp3) is 0.462. The Morgan fingerprint density at radius 1 is 1.35 bits per heavy atom. The van der Waals surface area contributed by atoms with E-state index in [-0.39, 0.29) is 0 Å². The maximum atomic E-state index is 10.6. The Hall–Kier alpha value is -1.06. The molecule has 1 aromatic carbocycles. The molecule has 0 saturated carbocycles. The van der Waals surface area contributed by atoms with Crippen molar-refractivity contribution in [2.75, 3.05) is 31.5 Å². The topological polar surface area (TPSA) is 32.3 Å². The third kappa shape index (κ3) is 4.36. The monoisotopic (exact) mass is 254 g/mol. The molecule has 3 nitrogen and oxygen atoms in total. The number of likely N-dealkylation sites (N-methyl/N-ethyl adjacent to an activating group) is 1. The standard InChI is InChI=1S/C13H19ClN2O/c1-3-16(4-2)8-7-15-12-6-5-11(10-17)13(14)9-12/h5-6,9-10,15H,3-4,7-8H2,1-2H3. The average Bonchev–Trinajstić information content (AvgIpc) is 2.35. The van der Waals surface area contributed by atoms with Crippen molar-refractivity contribution in [2.45, 2.75) is 13.8 Å². The molecule has 0 aliphatic heterocycles. The number of nitrogens with one attached hydrogen (secondary N) is 1. The summed E-state index contributed by atoms with van der Waals surface area (Å²) in [4.78, 5) is 12.9. The van der Waals surface area contributed by atoms with Gasteiger partial charge in [0, 0.05) is 24.3 Å². The number of carbonyl (C=O) groups excluding carboxylic acids is 1. The number of halogens is 1. The van der Waals surface area contributed by atoms with Crippen molar-refractivity contribution in [3.63, 3.8) is 0 Å². The molecule has 0 spiro atoms. The Morgan fingerprint density at radius 3 is 2.59 bits per heavy atom. The highest BCUT2D eigenvalue weighted by Crippen LogP contribution is 2.19. The minimum atomic E-state index is 0.493. The van der Waals surface area contributed by atoms with E-state index in [1.165, 1.54) is 0 Å². The fourth-order valence-electron chi connectivity index (χ4n) is 1.63. The molecule has 0 heterocycles. The van der Waals surface area contributed by atoms with Crippen LogP contribution in [0.1, 0.15) is 24.2 Å². The number of carbonyl (C=O) groups is 1. The number of anilines is 1. The van der Waals surface area contributed by atoms with Gasteiger partial charge in [-0.2, -0.15) is 0 Å². The highest BCUT2D eigenvalue weighted by Gasteiger charge is 2.01. The zero-order valence-corrected chi connectivity index (χ0v) is 11.1. The van der Waals surface area contributed by atoms with E-state index < -0.39 is 0 Å². The largest absolute Gasteiger partial charge is 0.384 e. The Kier molecular flexibility index (Phi) is 6.01. The van der Waals surface area contributed by atoms with Gasteiger partial charge in [-0.15, -0.1) is 0 Å². The summed E-state index contributed by atoms with van der Waals surface area (Å²) in [5.41, 5.74) is 1.48. The summed E-state index contributed by atoms with van der Waals surface area (Å²) in [5, 5.41) is 3.79. The molecule has 0 aliphatic rings. The summed E-state index contributed by atoms with van der Waals surface area (Å²) in [6.45, 7) is 8.29. The summed E-state index contributed by atoms with van der Waals surface area (Å²) >= 11 is 5.94. The lowest BCUT2D eigenvalue weighted by atomic mass is 10.2. The first-order valence-corrected chi connectivity index (χ1v) is 6.30. The van der Waals surface area contributed by atoms with E-state index in [1.54, 1.807) is 12.1 Å². The van der Waals surface area contributed by atoms with Crippen LogP contribution < -0.4 is 5.32 Å². The number of rotatable bonds is 7. The van der Waals surface area contributed by atoms with Crippen LogP contribution in [0.25, 0.3) is 0 Å². The van der Waals surface area contributed by atoms with Gasteiger partial charge < -0.3 is 10.2 Å². The minimum Gasteiger partial charge on any atom is -0.384 e. The first kappa shape index (κ1) is 14.0. The summed E-state index contributed by atoms with van der Waals surface area (Å²) in [5.74, 6) is 0. The van der Waals surface area contributed by atoms with Gasteiger partial charge >= 0.3 is 0 Å². The molecule has 0 atom stereocenters. The molecule has 0 aliphatic carbocycles. The van der Waals surface area contributed by atoms with Crippen LogP contribution in [0.2, 0.25) is 5.02 Å². The van der Waals surface area contributed by atoms with Crippen LogP contribution in [0, 0.1) is 0 Å². The number of hydrogen-bond donors (Lipinski definition) is 1. The lowest BCUT2D eigenvalue weighted by Gasteiger charge is -2.18. The van der Waals surface area contributed by atoms with E-state index >= 15 is 0 Å². The van der Waals surface area contributed by atoms with Crippen molar-refractivity contribution in [1.82, 2.24) is 4.90 Å². The Bertz CT molecular complexity index is 364. The lowest BCUT2D eigenvalue weighted by molar-refractivity contribution is 0.112. The van der Waals surface area contributed by atoms with Gasteiger partial charge in [0.15, 0.2) is 6.29 Å². The van der Waals surface area contributed by atoms with Crippen molar-refractivity contribution in [1.29, 1.82) is 0 Å². The quantitative estimate of drug-likeness (QED) is 0.760. The maximum Gasteiger partial charge on any atom is 0.151 e. The van der Waals surface area contributed by atoms with E-state index in [0.29, 0.717) is 10.6 Å². The highest BCUT2D eigenvalue weighted by atomic mass is 35.5. The summed E-state index contributed by atoms with van der Waals surface area (Å²) < 4.78 is 0. The molecule has 94 valence electrons. The van der Waals surface area contributed by atoms with E-state index in [2.05, 4.69) is 24.1 Å². The number of hydrogen-bond acceptors (Lipinski definition) is 3. The maximum absolute atomic E-state index is 10.6. The van der Waals surface area contributed by atoms with Crippen LogP contribution >= 0.6 is 11.6 Å². The highest BCUT2D eigenvalue weighted by molar-refractivity contribution is 6.33. The second-order valence-corrected chi connectivity index (χ2v) is 4.22. The molecule has 0 bridgehead atoms. The molecule has 0 unspecified atom stereocenters. The second kappa shape index (κ2) is 7.30. The van der Waals surface area contributed by atoms with Crippen LogP contribution in [-0.2, 0) is 0 Å². The Morgan fingerprint density at radius 2 is 2.06 bits per heavy atom. The Balaban J connectivity index is 2.47. The molecule has 0 radical (unpaired) electrons. The molecule has 0 aromatic heterocycles. The van der Waals surface area contributed by atoms with E-state index in [9.17, 15) is 4.79 Å². The van der Waals surface area contributed by atoms with Gasteiger partial charge in [-0.1, -0.05) is 25.4 Å². The van der Waals surface area contributed by atoms with Gasteiger partial charge in [-0.25, -0.2) is 0 Å². The van der Waals surface area contributed by atoms with Crippen LogP contribution in [-0.4, -0.2) is 37.4 Å². The minimum absolute atomic E-state index is 0.493. The van der Waals surface area contributed by atoms with Gasteiger partial charge in [0.25, 0.3) is 0 Å². The van der Waals surface area contributed by atoms with Crippen molar-refractivity contribution in [2.24, 2.45) is 0 Å². The van der Waals surface area contributed by atoms with Crippen LogP contribution in [0.15, 0.2) is 18.2 Å². The molecular weight excluding hydrogens is 236 g/mol. The Labute approximate surface area is 108 Å². The molecule has 17 heavy (non-hydrogen) atoms. The third-order valence-electron chi connectivity index (χ3n) is 2.78. The van der Waals surface area contributed by atoms with Crippen molar-refractivity contribution in [3.05, 3.63) is 28.8 Å². The molecular formula is C13H19ClN2O. The van der Waals surface area contributed by atoms with Gasteiger partial charge in [0.05, 0.1) is 5.02 Å². The van der Waals surface area contributed by atoms with Crippen LogP contribution in [0.4, 0.5) is 5.69 Å². The van der Waals surface area contributed by atoms with Crippen molar-refractivity contribution < 1.29 is 4.79 Å². The van der Waals surface area contributed by atoms with Gasteiger partial charge in [0.2, 0.25) is 0 Å². The molecule has 0 saturated heterocycles. The second-order valence-electron chi connectivity index (χ2n) is 3.81. The van der Waals surface area contributed by atoms with Gasteiger partial charge in [-0.05, 0) is 31.3 Å². The third-order valence-corrected chi connectivity index (χ3v) is 3.11. The van der Waals surface area contributed by atoms with E-state index in [0.717, 1.165) is 38.2 Å². The predicted molar refractivity (Wildman–Crippen MR) is 73.1 cm³/mol. The van der Waals surface area contributed by atoms with Gasteiger partial charge in [-0.3, -0.25) is 4.79 Å². The zero-order chi connectivity index (χ0) is 12.7. The first-order chi connectivity index (χ1) is 8.21. The average molecular weight is 255 g/mol. The number of nitrogens with zero attached hydrogens (tertiary/aromatic N) is 1. The molecule has 0 fully saturated rings. The lowest BCUT2D eigenvalue weighted by Crippen LogP contribution is -2.28. The molecule has 0 amide bonds. The van der Waals surface area contributed by atoms with Crippen LogP contribution in [0.5, 0.6) is 0 Å². The molecule has 1 N–H and O–H groups in total.